The fourth-order valence-corrected chi connectivity index (χ4v) is 6.14. The first-order chi connectivity index (χ1) is 21.3. The predicted octanol–water partition coefficient (Wildman–Crippen LogP) is 9.70. The van der Waals surface area contributed by atoms with E-state index in [0.717, 1.165) is 41.1 Å². The number of fused-ring (bicyclic) bond motifs is 3. The predicted molar refractivity (Wildman–Crippen MR) is 177 cm³/mol. The lowest BCUT2D eigenvalue weighted by Gasteiger charge is -2.18. The minimum atomic E-state index is 0.873. The summed E-state index contributed by atoms with van der Waals surface area (Å²) in [5.41, 5.74) is 12.4. The Morgan fingerprint density at radius 3 is 2.02 bits per heavy atom. The molecule has 1 aliphatic carbocycles. The Bertz CT molecular complexity index is 2100. The molecule has 4 heteroatoms. The van der Waals surface area contributed by atoms with Crippen molar-refractivity contribution in [1.82, 2.24) is 19.5 Å². The van der Waals surface area contributed by atoms with Crippen molar-refractivity contribution in [3.63, 3.8) is 0 Å². The molecular weight excluding hydrogens is 524 g/mol. The number of rotatable bonds is 5. The summed E-state index contributed by atoms with van der Waals surface area (Å²) in [6.45, 7) is 0. The summed E-state index contributed by atoms with van der Waals surface area (Å²) >= 11 is 0. The largest absolute Gasteiger partial charge is 0.313 e. The third-order valence-corrected chi connectivity index (χ3v) is 8.30. The van der Waals surface area contributed by atoms with Gasteiger partial charge in [-0.1, -0.05) is 84.9 Å². The summed E-state index contributed by atoms with van der Waals surface area (Å²) in [4.78, 5) is 14.2. The van der Waals surface area contributed by atoms with E-state index < -0.39 is 0 Å². The highest BCUT2D eigenvalue weighted by molar-refractivity contribution is 6.09. The van der Waals surface area contributed by atoms with Gasteiger partial charge in [-0.2, -0.15) is 0 Å². The molecule has 0 aliphatic heterocycles. The third-order valence-electron chi connectivity index (χ3n) is 8.30. The fraction of sp³-hybridized carbons (Fsp3) is 0.0513. The molecule has 8 rings (SSSR count). The number of hydrogen-bond donors (Lipinski definition) is 0. The van der Waals surface area contributed by atoms with Gasteiger partial charge in [-0.3, -0.25) is 9.97 Å². The van der Waals surface area contributed by atoms with Gasteiger partial charge in [-0.25, -0.2) is 4.98 Å². The van der Waals surface area contributed by atoms with Crippen LogP contribution in [0.5, 0.6) is 0 Å². The van der Waals surface area contributed by atoms with Crippen LogP contribution in [0.4, 0.5) is 0 Å². The normalized spacial score (nSPS) is 13.2. The monoisotopic (exact) mass is 552 g/mol. The summed E-state index contributed by atoms with van der Waals surface area (Å²) < 4.78 is 2.39. The van der Waals surface area contributed by atoms with E-state index in [1.807, 2.05) is 42.9 Å². The molecular formula is C39H28N4. The number of nitrogens with zero attached hydrogens (tertiary/aromatic N) is 4. The summed E-state index contributed by atoms with van der Waals surface area (Å²) in [6, 6.07) is 40.3. The van der Waals surface area contributed by atoms with E-state index in [1.165, 1.54) is 44.2 Å². The van der Waals surface area contributed by atoms with Gasteiger partial charge >= 0.3 is 0 Å². The summed E-state index contributed by atoms with van der Waals surface area (Å²) in [6.07, 6.45) is 12.0. The lowest BCUT2D eigenvalue weighted by molar-refractivity contribution is 0.984. The van der Waals surface area contributed by atoms with Crippen molar-refractivity contribution in [2.24, 2.45) is 0 Å². The number of benzene rings is 3. The zero-order valence-corrected chi connectivity index (χ0v) is 23.6. The standard InChI is InChI=1S/C39H28N4/c1-2-8-27(9-3-1)28-13-15-29(16-14-28)31-24-36(42-37(25-31)35-11-6-7-22-41-35)30-17-19-32(20-18-30)43-38-12-5-4-10-33(38)34-26-40-23-21-39(34)43/h1-17,19,21-26H,18,20H2. The van der Waals surface area contributed by atoms with Gasteiger partial charge in [0.2, 0.25) is 0 Å². The molecule has 4 heterocycles. The van der Waals surface area contributed by atoms with Crippen LogP contribution >= 0.6 is 0 Å². The maximum absolute atomic E-state index is 5.13. The fourth-order valence-electron chi connectivity index (χ4n) is 6.14. The molecule has 3 aromatic carbocycles. The minimum Gasteiger partial charge on any atom is -0.313 e. The molecule has 0 N–H and O–H groups in total. The van der Waals surface area contributed by atoms with E-state index in [2.05, 4.69) is 118 Å². The van der Waals surface area contributed by atoms with Gasteiger partial charge in [0, 0.05) is 35.1 Å². The van der Waals surface area contributed by atoms with Crippen molar-refractivity contribution in [3.05, 3.63) is 152 Å². The van der Waals surface area contributed by atoms with Crippen LogP contribution in [-0.2, 0) is 0 Å². The Hall–Kier alpha value is -5.61. The molecule has 204 valence electrons. The number of pyridine rings is 3. The Morgan fingerprint density at radius 2 is 1.23 bits per heavy atom. The van der Waals surface area contributed by atoms with Crippen LogP contribution in [0.15, 0.2) is 146 Å². The second-order valence-electron chi connectivity index (χ2n) is 10.9. The van der Waals surface area contributed by atoms with Crippen molar-refractivity contribution in [2.75, 3.05) is 0 Å². The molecule has 4 nitrogen and oxygen atoms in total. The lowest BCUT2D eigenvalue weighted by Crippen LogP contribution is -2.03. The quantitative estimate of drug-likeness (QED) is 0.213. The van der Waals surface area contributed by atoms with E-state index in [4.69, 9.17) is 4.98 Å². The van der Waals surface area contributed by atoms with Gasteiger partial charge in [-0.15, -0.1) is 0 Å². The van der Waals surface area contributed by atoms with Crippen molar-refractivity contribution < 1.29 is 0 Å². The Kier molecular flexibility index (Phi) is 6.23. The van der Waals surface area contributed by atoms with E-state index in [1.54, 1.807) is 0 Å². The van der Waals surface area contributed by atoms with Gasteiger partial charge < -0.3 is 4.57 Å². The Labute approximate surface area is 250 Å². The van der Waals surface area contributed by atoms with Crippen molar-refractivity contribution in [3.8, 4) is 33.6 Å². The first-order valence-corrected chi connectivity index (χ1v) is 14.6. The molecule has 0 unspecified atom stereocenters. The topological polar surface area (TPSA) is 43.6 Å². The van der Waals surface area contributed by atoms with Crippen LogP contribution in [0.3, 0.4) is 0 Å². The number of aromatic nitrogens is 4. The van der Waals surface area contributed by atoms with Gasteiger partial charge in [0.1, 0.15) is 0 Å². The second-order valence-corrected chi connectivity index (χ2v) is 10.9. The maximum atomic E-state index is 5.13. The molecule has 0 fully saturated rings. The van der Waals surface area contributed by atoms with Gasteiger partial charge in [0.25, 0.3) is 0 Å². The minimum absolute atomic E-state index is 0.873. The average molecular weight is 553 g/mol. The number of allylic oxidation sites excluding steroid dienone is 4. The SMILES string of the molecule is C1=C(c2cc(-c3ccc(-c4ccccc4)cc3)cc(-c3ccccn3)n2)CCC(n2c3ccccc3c3cnccc32)=C1. The molecule has 43 heavy (non-hydrogen) atoms. The van der Waals surface area contributed by atoms with Crippen LogP contribution in [0.25, 0.3) is 66.7 Å². The summed E-state index contributed by atoms with van der Waals surface area (Å²) in [5.74, 6) is 0. The van der Waals surface area contributed by atoms with Crippen LogP contribution in [0.2, 0.25) is 0 Å². The average Bonchev–Trinajstić information content (AvgIpc) is 3.43. The smallest absolute Gasteiger partial charge is 0.0899 e. The number of para-hydroxylation sites is 1. The van der Waals surface area contributed by atoms with E-state index in [9.17, 15) is 0 Å². The molecule has 7 aromatic rings. The molecule has 0 saturated carbocycles. The zero-order valence-electron chi connectivity index (χ0n) is 23.6. The molecule has 0 atom stereocenters. The van der Waals surface area contributed by atoms with Gasteiger partial charge in [-0.05, 0) is 83.1 Å². The zero-order chi connectivity index (χ0) is 28.6. The maximum Gasteiger partial charge on any atom is 0.0899 e. The van der Waals surface area contributed by atoms with E-state index >= 15 is 0 Å². The van der Waals surface area contributed by atoms with Crippen LogP contribution in [0, 0.1) is 0 Å². The van der Waals surface area contributed by atoms with Gasteiger partial charge in [0.05, 0.1) is 28.1 Å². The molecule has 0 bridgehead atoms. The van der Waals surface area contributed by atoms with Crippen LogP contribution in [-0.4, -0.2) is 19.5 Å². The third kappa shape index (κ3) is 4.63. The molecule has 0 radical (unpaired) electrons. The first kappa shape index (κ1) is 25.1. The van der Waals surface area contributed by atoms with E-state index in [-0.39, 0.29) is 0 Å². The first-order valence-electron chi connectivity index (χ1n) is 14.6. The summed E-state index contributed by atoms with van der Waals surface area (Å²) in [5, 5.41) is 2.41. The number of hydrogen-bond acceptors (Lipinski definition) is 3. The second kappa shape index (κ2) is 10.7. The van der Waals surface area contributed by atoms with Crippen molar-refractivity contribution >= 4 is 33.1 Å². The van der Waals surface area contributed by atoms with E-state index in [0.29, 0.717) is 0 Å². The lowest BCUT2D eigenvalue weighted by atomic mass is 9.95. The summed E-state index contributed by atoms with van der Waals surface area (Å²) in [7, 11) is 0. The van der Waals surface area contributed by atoms with Crippen molar-refractivity contribution in [2.45, 2.75) is 12.8 Å². The highest BCUT2D eigenvalue weighted by Crippen LogP contribution is 2.37. The highest BCUT2D eigenvalue weighted by atomic mass is 15.0. The van der Waals surface area contributed by atoms with Crippen LogP contribution < -0.4 is 0 Å². The molecule has 0 spiro atoms. The Balaban J connectivity index is 1.21. The molecule has 0 saturated heterocycles. The molecule has 1 aliphatic rings. The molecule has 0 amide bonds. The van der Waals surface area contributed by atoms with Gasteiger partial charge in [0.15, 0.2) is 0 Å². The highest BCUT2D eigenvalue weighted by Gasteiger charge is 2.18. The Morgan fingerprint density at radius 1 is 0.512 bits per heavy atom. The molecule has 4 aromatic heterocycles. The van der Waals surface area contributed by atoms with Crippen molar-refractivity contribution in [1.29, 1.82) is 0 Å². The van der Waals surface area contributed by atoms with Crippen LogP contribution in [0.1, 0.15) is 18.5 Å².